The Hall–Kier alpha value is -2.34. The van der Waals surface area contributed by atoms with E-state index in [0.29, 0.717) is 18.6 Å². The summed E-state index contributed by atoms with van der Waals surface area (Å²) >= 11 is 1.88. The molecule has 0 aromatic heterocycles. The highest BCUT2D eigenvalue weighted by Crippen LogP contribution is 2.49. The topological polar surface area (TPSA) is 46.5 Å². The van der Waals surface area contributed by atoms with Crippen LogP contribution in [0.15, 0.2) is 91.0 Å². The van der Waals surface area contributed by atoms with E-state index in [4.69, 9.17) is 4.43 Å². The Morgan fingerprint density at radius 1 is 0.786 bits per heavy atom. The van der Waals surface area contributed by atoms with Crippen LogP contribution >= 0.6 is 11.8 Å². The Kier molecular flexibility index (Phi) is 13.0. The largest absolute Gasteiger partial charge is 0.481 e. The van der Waals surface area contributed by atoms with Gasteiger partial charge in [-0.1, -0.05) is 151 Å². The molecule has 228 valence electrons. The zero-order valence-electron chi connectivity index (χ0n) is 26.6. The molecule has 3 aromatic rings. The minimum absolute atomic E-state index is 0.0319. The van der Waals surface area contributed by atoms with E-state index < -0.39 is 25.0 Å². The van der Waals surface area contributed by atoms with Crippen molar-refractivity contribution < 1.29 is 14.3 Å². The van der Waals surface area contributed by atoms with Crippen LogP contribution in [-0.4, -0.2) is 31.3 Å². The van der Waals surface area contributed by atoms with Crippen molar-refractivity contribution in [2.45, 2.75) is 102 Å². The predicted octanol–water partition coefficient (Wildman–Crippen LogP) is 10.6. The highest BCUT2D eigenvalue weighted by molar-refractivity contribution is 8.00. The number of carboxylic acids is 1. The normalized spacial score (nSPS) is 14.0. The zero-order valence-corrected chi connectivity index (χ0v) is 28.5. The maximum atomic E-state index is 12.5. The number of hydrogen-bond acceptors (Lipinski definition) is 3. The van der Waals surface area contributed by atoms with E-state index in [1.165, 1.54) is 36.0 Å². The van der Waals surface area contributed by atoms with Crippen LogP contribution in [0.1, 0.15) is 89.3 Å². The third-order valence-electron chi connectivity index (χ3n) is 8.85. The molecule has 0 amide bonds. The van der Waals surface area contributed by atoms with Crippen molar-refractivity contribution in [2.24, 2.45) is 5.92 Å². The molecule has 42 heavy (non-hydrogen) atoms. The van der Waals surface area contributed by atoms with Crippen LogP contribution in [0.5, 0.6) is 0 Å². The van der Waals surface area contributed by atoms with Crippen LogP contribution in [-0.2, 0) is 14.0 Å². The third-order valence-corrected chi connectivity index (χ3v) is 15.1. The van der Waals surface area contributed by atoms with Crippen molar-refractivity contribution in [1.82, 2.24) is 0 Å². The molecule has 0 spiro atoms. The molecule has 2 atom stereocenters. The Morgan fingerprint density at radius 3 is 1.64 bits per heavy atom. The van der Waals surface area contributed by atoms with Gasteiger partial charge < -0.3 is 9.53 Å². The molecule has 0 saturated heterocycles. The molecule has 2 unspecified atom stereocenters. The van der Waals surface area contributed by atoms with E-state index >= 15 is 0 Å². The first kappa shape index (κ1) is 34.2. The Bertz CT molecular complexity index is 1100. The van der Waals surface area contributed by atoms with Gasteiger partial charge in [-0.15, -0.1) is 11.8 Å². The molecule has 0 heterocycles. The number of thioether (sulfide) groups is 1. The van der Waals surface area contributed by atoms with Crippen LogP contribution in [0.4, 0.5) is 0 Å². The average Bonchev–Trinajstić information content (AvgIpc) is 2.97. The summed E-state index contributed by atoms with van der Waals surface area (Å²) in [5.41, 5.74) is 3.64. The summed E-state index contributed by atoms with van der Waals surface area (Å²) in [6.07, 6.45) is 6.72. The van der Waals surface area contributed by atoms with Gasteiger partial charge in [0.15, 0.2) is 8.32 Å². The second-order valence-electron chi connectivity index (χ2n) is 13.1. The summed E-state index contributed by atoms with van der Waals surface area (Å²) in [4.78, 5) is 12.5. The van der Waals surface area contributed by atoms with Gasteiger partial charge >= 0.3 is 5.97 Å². The third kappa shape index (κ3) is 9.08. The van der Waals surface area contributed by atoms with E-state index in [9.17, 15) is 9.90 Å². The zero-order chi connectivity index (χ0) is 30.6. The number of benzene rings is 3. The van der Waals surface area contributed by atoms with Crippen molar-refractivity contribution in [1.29, 1.82) is 0 Å². The first-order valence-electron chi connectivity index (χ1n) is 15.7. The predicted molar refractivity (Wildman–Crippen MR) is 183 cm³/mol. The van der Waals surface area contributed by atoms with Crippen molar-refractivity contribution in [3.63, 3.8) is 0 Å². The number of carbonyl (C=O) groups is 1. The van der Waals surface area contributed by atoms with Gasteiger partial charge in [-0.25, -0.2) is 0 Å². The number of rotatable bonds is 17. The fourth-order valence-electron chi connectivity index (χ4n) is 5.38. The molecule has 0 fully saturated rings. The molecule has 0 saturated carbocycles. The number of aliphatic carboxylic acids is 1. The molecule has 0 aliphatic rings. The van der Waals surface area contributed by atoms with Gasteiger partial charge in [-0.3, -0.25) is 4.79 Å². The molecule has 0 bridgehead atoms. The summed E-state index contributed by atoms with van der Waals surface area (Å²) < 4.78 is 6.63. The highest BCUT2D eigenvalue weighted by Gasteiger charge is 2.42. The average molecular weight is 605 g/mol. The molecule has 3 aromatic carbocycles. The molecular formula is C37H52O3SSi. The number of carboxylic acid groups (broad SMARTS) is 1. The summed E-state index contributed by atoms with van der Waals surface area (Å²) in [6.45, 7) is 13.5. The highest BCUT2D eigenvalue weighted by atomic mass is 32.2. The quantitative estimate of drug-likeness (QED) is 0.0946. The van der Waals surface area contributed by atoms with E-state index in [-0.39, 0.29) is 11.1 Å². The molecule has 1 N–H and O–H groups in total. The summed E-state index contributed by atoms with van der Waals surface area (Å²) in [5, 5.41) is 10.3. The van der Waals surface area contributed by atoms with Gasteiger partial charge in [0.2, 0.25) is 0 Å². The van der Waals surface area contributed by atoms with E-state index in [2.05, 4.69) is 132 Å². The second kappa shape index (κ2) is 15.9. The monoisotopic (exact) mass is 604 g/mol. The fraction of sp³-hybridized carbons (Fsp3) is 0.486. The lowest BCUT2D eigenvalue weighted by Crippen LogP contribution is -2.45. The Morgan fingerprint density at radius 2 is 1.24 bits per heavy atom. The minimum atomic E-state index is -2.16. The van der Waals surface area contributed by atoms with Crippen LogP contribution in [0.2, 0.25) is 18.1 Å². The molecular weight excluding hydrogens is 553 g/mol. The maximum absolute atomic E-state index is 12.5. The second-order valence-corrected chi connectivity index (χ2v) is 19.1. The SMILES string of the molecule is CCCCCCCC(CC(CSC(c1ccccc1)(c1ccccc1)c1ccccc1)O[Si](C)(C)C(C)(C)C)C(=O)O. The molecule has 5 heteroatoms. The van der Waals surface area contributed by atoms with Crippen molar-refractivity contribution in [2.75, 3.05) is 5.75 Å². The van der Waals surface area contributed by atoms with Gasteiger partial charge in [0, 0.05) is 5.75 Å². The summed E-state index contributed by atoms with van der Waals surface area (Å²) in [5.74, 6) is -0.397. The summed E-state index contributed by atoms with van der Waals surface area (Å²) in [7, 11) is -2.16. The van der Waals surface area contributed by atoms with Crippen molar-refractivity contribution >= 4 is 26.0 Å². The maximum Gasteiger partial charge on any atom is 0.306 e. The van der Waals surface area contributed by atoms with Crippen molar-refractivity contribution in [3.05, 3.63) is 108 Å². The van der Waals surface area contributed by atoms with E-state index in [1.807, 2.05) is 11.8 Å². The van der Waals surface area contributed by atoms with Crippen LogP contribution in [0.25, 0.3) is 0 Å². The number of hydrogen-bond donors (Lipinski definition) is 1. The molecule has 0 aliphatic carbocycles. The van der Waals surface area contributed by atoms with Crippen molar-refractivity contribution in [3.8, 4) is 0 Å². The molecule has 3 nitrogen and oxygen atoms in total. The van der Waals surface area contributed by atoms with Crippen LogP contribution < -0.4 is 0 Å². The first-order chi connectivity index (χ1) is 20.0. The fourth-order valence-corrected chi connectivity index (χ4v) is 8.42. The smallest absolute Gasteiger partial charge is 0.306 e. The standard InChI is InChI=1S/C37H52O3SSi/c1-7-8-9-10-14-21-30(35(38)39)28-34(40-42(5,6)36(2,3)4)29-41-37(31-22-15-11-16-23-31,32-24-17-12-18-25-32)33-26-19-13-20-27-33/h11-13,15-20,22-27,30,34H,7-10,14,21,28-29H2,1-6H3,(H,38,39). The van der Waals surface area contributed by atoms with E-state index in [0.717, 1.165) is 12.8 Å². The molecule has 0 radical (unpaired) electrons. The lowest BCUT2D eigenvalue weighted by atomic mass is 9.84. The van der Waals surface area contributed by atoms with Gasteiger partial charge in [0.1, 0.15) is 0 Å². The van der Waals surface area contributed by atoms with Gasteiger partial charge in [0.05, 0.1) is 16.8 Å². The van der Waals surface area contributed by atoms with Crippen LogP contribution in [0.3, 0.4) is 0 Å². The van der Waals surface area contributed by atoms with Gasteiger partial charge in [-0.05, 0) is 47.7 Å². The van der Waals surface area contributed by atoms with Gasteiger partial charge in [-0.2, -0.15) is 0 Å². The first-order valence-corrected chi connectivity index (χ1v) is 19.6. The minimum Gasteiger partial charge on any atom is -0.481 e. The van der Waals surface area contributed by atoms with Crippen LogP contribution in [0, 0.1) is 5.92 Å². The van der Waals surface area contributed by atoms with E-state index in [1.54, 1.807) is 0 Å². The summed E-state index contributed by atoms with van der Waals surface area (Å²) in [6, 6.07) is 32.2. The number of unbranched alkanes of at least 4 members (excludes halogenated alkanes) is 4. The van der Waals surface area contributed by atoms with Gasteiger partial charge in [0.25, 0.3) is 0 Å². The lowest BCUT2D eigenvalue weighted by molar-refractivity contribution is -0.143. The lowest BCUT2D eigenvalue weighted by Gasteiger charge is -2.41. The Labute approximate surface area is 260 Å². The molecule has 0 aliphatic heterocycles. The molecule has 3 rings (SSSR count). The Balaban J connectivity index is 2.01.